The van der Waals surface area contributed by atoms with Crippen molar-refractivity contribution in [1.29, 1.82) is 0 Å². The zero-order chi connectivity index (χ0) is 12.3. The second kappa shape index (κ2) is 5.47. The van der Waals surface area contributed by atoms with Crippen molar-refractivity contribution in [1.82, 2.24) is 15.2 Å². The first-order valence-electron chi connectivity index (χ1n) is 5.79. The minimum atomic E-state index is -0.0250. The standard InChI is InChI=1S/C12H16ClN3O/c1-14-9-4-3-7-16(8-9)12(17)10-5-2-6-15-11(10)13/h2,5-6,9,14H,3-4,7-8H2,1H3. The number of piperidine rings is 1. The summed E-state index contributed by atoms with van der Waals surface area (Å²) in [4.78, 5) is 18.0. The van der Waals surface area contributed by atoms with E-state index >= 15 is 0 Å². The highest BCUT2D eigenvalue weighted by Crippen LogP contribution is 2.17. The highest BCUT2D eigenvalue weighted by Gasteiger charge is 2.24. The molecular formula is C12H16ClN3O. The van der Waals surface area contributed by atoms with Gasteiger partial charge in [0.05, 0.1) is 5.56 Å². The Morgan fingerprint density at radius 3 is 3.18 bits per heavy atom. The van der Waals surface area contributed by atoms with E-state index in [4.69, 9.17) is 11.6 Å². The van der Waals surface area contributed by atoms with Crippen LogP contribution in [0.3, 0.4) is 0 Å². The average molecular weight is 254 g/mol. The molecule has 1 atom stereocenters. The number of carbonyl (C=O) groups is 1. The van der Waals surface area contributed by atoms with Crippen LogP contribution in [0, 0.1) is 0 Å². The first kappa shape index (κ1) is 12.3. The number of carbonyl (C=O) groups excluding carboxylic acids is 1. The number of hydrogen-bond donors (Lipinski definition) is 1. The van der Waals surface area contributed by atoms with E-state index in [0.717, 1.165) is 25.9 Å². The van der Waals surface area contributed by atoms with Gasteiger partial charge in [-0.3, -0.25) is 4.79 Å². The summed E-state index contributed by atoms with van der Waals surface area (Å²) in [5.41, 5.74) is 0.492. The topological polar surface area (TPSA) is 45.2 Å². The van der Waals surface area contributed by atoms with Gasteiger partial charge in [-0.2, -0.15) is 0 Å². The van der Waals surface area contributed by atoms with Crippen molar-refractivity contribution in [3.8, 4) is 0 Å². The molecule has 5 heteroatoms. The lowest BCUT2D eigenvalue weighted by Crippen LogP contribution is -2.47. The summed E-state index contributed by atoms with van der Waals surface area (Å²) in [5, 5.41) is 3.49. The third-order valence-electron chi connectivity index (χ3n) is 3.11. The van der Waals surface area contributed by atoms with Crippen LogP contribution in [0.4, 0.5) is 0 Å². The van der Waals surface area contributed by atoms with E-state index in [1.807, 2.05) is 11.9 Å². The molecule has 2 rings (SSSR count). The van der Waals surface area contributed by atoms with Gasteiger partial charge in [-0.25, -0.2) is 4.98 Å². The molecule has 4 nitrogen and oxygen atoms in total. The summed E-state index contributed by atoms with van der Waals surface area (Å²) >= 11 is 5.93. The van der Waals surface area contributed by atoms with Gasteiger partial charge in [0.15, 0.2) is 0 Å². The maximum atomic E-state index is 12.3. The third kappa shape index (κ3) is 2.76. The molecule has 1 fully saturated rings. The van der Waals surface area contributed by atoms with Crippen LogP contribution in [0.25, 0.3) is 0 Å². The third-order valence-corrected chi connectivity index (χ3v) is 3.41. The number of likely N-dealkylation sites (N-methyl/N-ethyl adjacent to an activating group) is 1. The second-order valence-electron chi connectivity index (χ2n) is 4.22. The van der Waals surface area contributed by atoms with Crippen molar-refractivity contribution in [2.45, 2.75) is 18.9 Å². The number of nitrogens with one attached hydrogen (secondary N) is 1. The maximum absolute atomic E-state index is 12.3. The van der Waals surface area contributed by atoms with Gasteiger partial charge in [0.1, 0.15) is 5.15 Å². The molecule has 1 aromatic heterocycles. The predicted octanol–water partition coefficient (Wildman–Crippen LogP) is 1.56. The van der Waals surface area contributed by atoms with Crippen molar-refractivity contribution < 1.29 is 4.79 Å². The molecule has 2 heterocycles. The fourth-order valence-corrected chi connectivity index (χ4v) is 2.31. The van der Waals surface area contributed by atoms with Gasteiger partial charge in [0.25, 0.3) is 5.91 Å². The second-order valence-corrected chi connectivity index (χ2v) is 4.58. The van der Waals surface area contributed by atoms with E-state index in [2.05, 4.69) is 10.3 Å². The van der Waals surface area contributed by atoms with E-state index in [1.165, 1.54) is 0 Å². The molecule has 0 bridgehead atoms. The van der Waals surface area contributed by atoms with E-state index < -0.39 is 0 Å². The molecule has 0 aliphatic carbocycles. The Labute approximate surface area is 106 Å². The van der Waals surface area contributed by atoms with Gasteiger partial charge in [-0.15, -0.1) is 0 Å². The molecule has 1 unspecified atom stereocenters. The Kier molecular flexibility index (Phi) is 3.97. The molecule has 0 aromatic carbocycles. The van der Waals surface area contributed by atoms with Gasteiger partial charge in [-0.05, 0) is 32.0 Å². The number of likely N-dealkylation sites (tertiary alicyclic amines) is 1. The summed E-state index contributed by atoms with van der Waals surface area (Å²) in [6.07, 6.45) is 3.72. The van der Waals surface area contributed by atoms with Crippen molar-refractivity contribution in [3.63, 3.8) is 0 Å². The average Bonchev–Trinajstić information content (AvgIpc) is 2.38. The number of hydrogen-bond acceptors (Lipinski definition) is 3. The van der Waals surface area contributed by atoms with Crippen LogP contribution in [-0.2, 0) is 0 Å². The lowest BCUT2D eigenvalue weighted by molar-refractivity contribution is 0.0698. The Hall–Kier alpha value is -1.13. The number of nitrogens with zero attached hydrogens (tertiary/aromatic N) is 2. The fraction of sp³-hybridized carbons (Fsp3) is 0.500. The molecule has 92 valence electrons. The Balaban J connectivity index is 2.12. The van der Waals surface area contributed by atoms with Crippen LogP contribution in [0.5, 0.6) is 0 Å². The molecule has 0 radical (unpaired) electrons. The van der Waals surface area contributed by atoms with Crippen molar-refractivity contribution >= 4 is 17.5 Å². The molecule has 1 aromatic rings. The van der Waals surface area contributed by atoms with Crippen LogP contribution >= 0.6 is 11.6 Å². The monoisotopic (exact) mass is 253 g/mol. The van der Waals surface area contributed by atoms with Crippen molar-refractivity contribution in [2.75, 3.05) is 20.1 Å². The molecule has 1 saturated heterocycles. The molecule has 1 aliphatic heterocycles. The van der Waals surface area contributed by atoms with Crippen molar-refractivity contribution in [3.05, 3.63) is 29.0 Å². The van der Waals surface area contributed by atoms with E-state index in [-0.39, 0.29) is 11.1 Å². The van der Waals surface area contributed by atoms with E-state index in [1.54, 1.807) is 18.3 Å². The first-order chi connectivity index (χ1) is 8.22. The van der Waals surface area contributed by atoms with Crippen LogP contribution in [0.1, 0.15) is 23.2 Å². The smallest absolute Gasteiger partial charge is 0.257 e. The number of pyridine rings is 1. The zero-order valence-corrected chi connectivity index (χ0v) is 10.6. The van der Waals surface area contributed by atoms with Gasteiger partial charge in [-0.1, -0.05) is 11.6 Å². The minimum Gasteiger partial charge on any atom is -0.337 e. The van der Waals surface area contributed by atoms with Gasteiger partial charge in [0, 0.05) is 25.3 Å². The lowest BCUT2D eigenvalue weighted by Gasteiger charge is -2.32. The number of rotatable bonds is 2. The van der Waals surface area contributed by atoms with Crippen LogP contribution in [0.15, 0.2) is 18.3 Å². The van der Waals surface area contributed by atoms with Gasteiger partial charge >= 0.3 is 0 Å². The number of amides is 1. The molecule has 0 spiro atoms. The predicted molar refractivity (Wildman–Crippen MR) is 67.2 cm³/mol. The fourth-order valence-electron chi connectivity index (χ4n) is 2.11. The highest BCUT2D eigenvalue weighted by molar-refractivity contribution is 6.32. The zero-order valence-electron chi connectivity index (χ0n) is 9.82. The van der Waals surface area contributed by atoms with Gasteiger partial charge < -0.3 is 10.2 Å². The number of aromatic nitrogens is 1. The van der Waals surface area contributed by atoms with E-state index in [0.29, 0.717) is 11.6 Å². The maximum Gasteiger partial charge on any atom is 0.257 e. The summed E-state index contributed by atoms with van der Waals surface area (Å²) in [5.74, 6) is -0.0250. The lowest BCUT2D eigenvalue weighted by atomic mass is 10.1. The van der Waals surface area contributed by atoms with Crippen molar-refractivity contribution in [2.24, 2.45) is 0 Å². The summed E-state index contributed by atoms with van der Waals surface area (Å²) in [6.45, 7) is 1.53. The van der Waals surface area contributed by atoms with Crippen LogP contribution < -0.4 is 5.32 Å². The molecular weight excluding hydrogens is 238 g/mol. The Morgan fingerprint density at radius 1 is 1.65 bits per heavy atom. The first-order valence-corrected chi connectivity index (χ1v) is 6.17. The number of halogens is 1. The molecule has 17 heavy (non-hydrogen) atoms. The quantitative estimate of drug-likeness (QED) is 0.814. The normalized spacial score (nSPS) is 20.4. The molecule has 1 N–H and O–H groups in total. The largest absolute Gasteiger partial charge is 0.337 e. The van der Waals surface area contributed by atoms with Gasteiger partial charge in [0.2, 0.25) is 0 Å². The highest BCUT2D eigenvalue weighted by atomic mass is 35.5. The minimum absolute atomic E-state index is 0.0250. The SMILES string of the molecule is CNC1CCCN(C(=O)c2cccnc2Cl)C1. The Bertz CT molecular complexity index is 410. The molecule has 1 aliphatic rings. The van der Waals surface area contributed by atoms with E-state index in [9.17, 15) is 4.79 Å². The summed E-state index contributed by atoms with van der Waals surface area (Å²) in [7, 11) is 1.93. The van der Waals surface area contributed by atoms with Crippen LogP contribution in [-0.4, -0.2) is 42.0 Å². The van der Waals surface area contributed by atoms with Crippen LogP contribution in [0.2, 0.25) is 5.15 Å². The summed E-state index contributed by atoms with van der Waals surface area (Å²) < 4.78 is 0. The Morgan fingerprint density at radius 2 is 2.47 bits per heavy atom. The summed E-state index contributed by atoms with van der Waals surface area (Å²) in [6, 6.07) is 3.84. The molecule has 1 amide bonds. The molecule has 0 saturated carbocycles.